The molecule has 2 aromatic carbocycles. The van der Waals surface area contributed by atoms with Crippen LogP contribution in [0.4, 0.5) is 0 Å². The van der Waals surface area contributed by atoms with Crippen LogP contribution < -0.4 is 0 Å². The maximum Gasteiger partial charge on any atom is 0.333 e. The molecule has 1 saturated heterocycles. The maximum absolute atomic E-state index is 11.5. The van der Waals surface area contributed by atoms with Crippen molar-refractivity contribution in [3.63, 3.8) is 0 Å². The Balaban J connectivity index is 1.69. The molecule has 0 aliphatic carbocycles. The van der Waals surface area contributed by atoms with E-state index >= 15 is 0 Å². The zero-order chi connectivity index (χ0) is 15.5. The van der Waals surface area contributed by atoms with E-state index in [0.29, 0.717) is 22.0 Å². The van der Waals surface area contributed by atoms with Gasteiger partial charge in [-0.1, -0.05) is 49.0 Å². The van der Waals surface area contributed by atoms with Crippen LogP contribution in [0.2, 0.25) is 0 Å². The van der Waals surface area contributed by atoms with Crippen molar-refractivity contribution in [1.82, 2.24) is 0 Å². The van der Waals surface area contributed by atoms with Crippen LogP contribution >= 0.6 is 23.5 Å². The number of esters is 1. The zero-order valence-electron chi connectivity index (χ0n) is 12.5. The van der Waals surface area contributed by atoms with E-state index in [4.69, 9.17) is 4.74 Å². The molecule has 1 aliphatic heterocycles. The van der Waals surface area contributed by atoms with Crippen molar-refractivity contribution in [1.29, 1.82) is 0 Å². The summed E-state index contributed by atoms with van der Waals surface area (Å²) >= 11 is 3.82. The fourth-order valence-electron chi connectivity index (χ4n) is 2.45. The van der Waals surface area contributed by atoms with Gasteiger partial charge in [0, 0.05) is 16.6 Å². The van der Waals surface area contributed by atoms with Gasteiger partial charge in [0.15, 0.2) is 0 Å². The second kappa shape index (κ2) is 6.80. The summed E-state index contributed by atoms with van der Waals surface area (Å²) in [5.41, 5.74) is 1.82. The van der Waals surface area contributed by atoms with Crippen LogP contribution in [0.25, 0.3) is 10.8 Å². The molecule has 0 saturated carbocycles. The molecule has 0 amide bonds. The van der Waals surface area contributed by atoms with E-state index in [9.17, 15) is 4.79 Å². The highest BCUT2D eigenvalue weighted by molar-refractivity contribution is 8.19. The third kappa shape index (κ3) is 3.33. The molecule has 0 bridgehead atoms. The van der Waals surface area contributed by atoms with Crippen molar-refractivity contribution in [3.8, 4) is 0 Å². The first-order chi connectivity index (χ1) is 10.6. The molecule has 2 aromatic rings. The van der Waals surface area contributed by atoms with Crippen molar-refractivity contribution >= 4 is 40.3 Å². The lowest BCUT2D eigenvalue weighted by molar-refractivity contribution is -0.138. The molecule has 0 aromatic heterocycles. The average molecular weight is 330 g/mol. The van der Waals surface area contributed by atoms with Gasteiger partial charge in [0.1, 0.15) is 6.61 Å². The smallest absolute Gasteiger partial charge is 0.333 e. The van der Waals surface area contributed by atoms with E-state index in [1.807, 2.05) is 23.5 Å². The first-order valence-electron chi connectivity index (χ1n) is 7.22. The Morgan fingerprint density at radius 1 is 1.27 bits per heavy atom. The molecule has 3 rings (SSSR count). The van der Waals surface area contributed by atoms with Gasteiger partial charge in [-0.2, -0.15) is 0 Å². The highest BCUT2D eigenvalue weighted by Crippen LogP contribution is 2.50. The number of rotatable bonds is 4. The number of fused-ring (bicyclic) bond motifs is 1. The molecule has 2 unspecified atom stereocenters. The molecule has 22 heavy (non-hydrogen) atoms. The molecule has 2 nitrogen and oxygen atoms in total. The molecule has 0 radical (unpaired) electrons. The van der Waals surface area contributed by atoms with Crippen molar-refractivity contribution in [2.75, 3.05) is 12.4 Å². The standard InChI is InChI=1S/C18H18O2S2/c1-12(2)17(19)20-10-14-11-21-18(22-14)16-9-5-7-13-6-3-4-8-15(13)16/h3-9,14,18H,1,10-11H2,2H3. The maximum atomic E-state index is 11.5. The zero-order valence-corrected chi connectivity index (χ0v) is 14.1. The number of carbonyl (C=O) groups excluding carboxylic acids is 1. The predicted molar refractivity (Wildman–Crippen MR) is 96.3 cm³/mol. The second-order valence-electron chi connectivity index (χ2n) is 5.37. The van der Waals surface area contributed by atoms with E-state index in [1.165, 1.54) is 16.3 Å². The fraction of sp³-hybridized carbons (Fsp3) is 0.278. The summed E-state index contributed by atoms with van der Waals surface area (Å²) in [4.78, 5) is 11.5. The molecular weight excluding hydrogens is 312 g/mol. The number of benzene rings is 2. The predicted octanol–water partition coefficient (Wildman–Crippen LogP) is 4.81. The summed E-state index contributed by atoms with van der Waals surface area (Å²) < 4.78 is 5.69. The summed E-state index contributed by atoms with van der Waals surface area (Å²) in [6, 6.07) is 15.0. The third-order valence-electron chi connectivity index (χ3n) is 3.58. The van der Waals surface area contributed by atoms with Crippen LogP contribution in [0.15, 0.2) is 54.6 Å². The van der Waals surface area contributed by atoms with Gasteiger partial charge in [-0.3, -0.25) is 0 Å². The molecular formula is C18H18O2S2. The topological polar surface area (TPSA) is 26.3 Å². The van der Waals surface area contributed by atoms with Crippen LogP contribution in [0, 0.1) is 0 Å². The van der Waals surface area contributed by atoms with E-state index in [-0.39, 0.29) is 5.97 Å². The van der Waals surface area contributed by atoms with E-state index in [0.717, 1.165) is 5.75 Å². The molecule has 1 aliphatic rings. The highest BCUT2D eigenvalue weighted by atomic mass is 32.2. The highest BCUT2D eigenvalue weighted by Gasteiger charge is 2.29. The lowest BCUT2D eigenvalue weighted by atomic mass is 10.1. The Hall–Kier alpha value is -1.39. The van der Waals surface area contributed by atoms with Crippen LogP contribution in [0.5, 0.6) is 0 Å². The van der Waals surface area contributed by atoms with Gasteiger partial charge < -0.3 is 4.74 Å². The number of hydrogen-bond acceptors (Lipinski definition) is 4. The lowest BCUT2D eigenvalue weighted by Crippen LogP contribution is -2.16. The van der Waals surface area contributed by atoms with Gasteiger partial charge in [0.05, 0.1) is 4.58 Å². The lowest BCUT2D eigenvalue weighted by Gasteiger charge is -2.13. The van der Waals surface area contributed by atoms with Crippen molar-refractivity contribution in [3.05, 3.63) is 60.2 Å². The van der Waals surface area contributed by atoms with Gasteiger partial charge >= 0.3 is 5.97 Å². The molecule has 114 valence electrons. The van der Waals surface area contributed by atoms with Gasteiger partial charge in [0.25, 0.3) is 0 Å². The molecule has 1 fully saturated rings. The Bertz CT molecular complexity index is 706. The summed E-state index contributed by atoms with van der Waals surface area (Å²) in [6.45, 7) is 5.75. The summed E-state index contributed by atoms with van der Waals surface area (Å²) in [7, 11) is 0. The Labute approximate surface area is 139 Å². The Morgan fingerprint density at radius 2 is 2.05 bits per heavy atom. The minimum atomic E-state index is -0.292. The molecule has 0 spiro atoms. The van der Waals surface area contributed by atoms with Crippen molar-refractivity contribution in [2.24, 2.45) is 0 Å². The summed E-state index contributed by atoms with van der Waals surface area (Å²) in [5.74, 6) is 0.710. The van der Waals surface area contributed by atoms with Gasteiger partial charge in [-0.05, 0) is 23.3 Å². The van der Waals surface area contributed by atoms with E-state index in [1.54, 1.807) is 6.92 Å². The SMILES string of the molecule is C=C(C)C(=O)OCC1CSC(c2cccc3ccccc23)S1. The largest absolute Gasteiger partial charge is 0.461 e. The number of carbonyl (C=O) groups is 1. The first-order valence-corrected chi connectivity index (χ1v) is 9.21. The van der Waals surface area contributed by atoms with Gasteiger partial charge in [-0.25, -0.2) is 4.79 Å². The summed E-state index contributed by atoms with van der Waals surface area (Å²) in [6.07, 6.45) is 0. The Kier molecular flexibility index (Phi) is 4.79. The third-order valence-corrected chi connectivity index (χ3v) is 6.87. The van der Waals surface area contributed by atoms with Gasteiger partial charge in [0.2, 0.25) is 0 Å². The van der Waals surface area contributed by atoms with E-state index in [2.05, 4.69) is 49.0 Å². The Morgan fingerprint density at radius 3 is 2.86 bits per heavy atom. The van der Waals surface area contributed by atoms with Crippen LogP contribution in [-0.4, -0.2) is 23.6 Å². The minimum absolute atomic E-state index is 0.292. The van der Waals surface area contributed by atoms with Crippen molar-refractivity contribution < 1.29 is 9.53 Å². The molecule has 1 heterocycles. The minimum Gasteiger partial charge on any atom is -0.461 e. The monoisotopic (exact) mass is 330 g/mol. The van der Waals surface area contributed by atoms with Gasteiger partial charge in [-0.15, -0.1) is 23.5 Å². The summed E-state index contributed by atoms with van der Waals surface area (Å²) in [5, 5.41) is 2.94. The van der Waals surface area contributed by atoms with Crippen LogP contribution in [0.1, 0.15) is 17.1 Å². The number of ether oxygens (including phenoxy) is 1. The molecule has 2 atom stereocenters. The molecule has 4 heteroatoms. The fourth-order valence-corrected chi connectivity index (χ4v) is 5.74. The first kappa shape index (κ1) is 15.5. The quantitative estimate of drug-likeness (QED) is 0.594. The molecule has 0 N–H and O–H groups in total. The van der Waals surface area contributed by atoms with Crippen LogP contribution in [-0.2, 0) is 9.53 Å². The number of thioether (sulfide) groups is 2. The number of hydrogen-bond donors (Lipinski definition) is 0. The normalized spacial score (nSPS) is 21.0. The van der Waals surface area contributed by atoms with Crippen molar-refractivity contribution in [2.45, 2.75) is 16.8 Å². The van der Waals surface area contributed by atoms with Crippen LogP contribution in [0.3, 0.4) is 0 Å². The average Bonchev–Trinajstić information content (AvgIpc) is 3.00. The second-order valence-corrected chi connectivity index (χ2v) is 8.22. The van der Waals surface area contributed by atoms with E-state index < -0.39 is 0 Å².